The molecule has 2 fully saturated rings. The van der Waals surface area contributed by atoms with Crippen LogP contribution in [-0.4, -0.2) is 24.7 Å². The van der Waals surface area contributed by atoms with E-state index in [0.717, 1.165) is 18.8 Å². The number of aryl methyl sites for hydroxylation is 1. The third kappa shape index (κ3) is 2.80. The number of hydrogen-bond acceptors (Lipinski definition) is 2. The van der Waals surface area contributed by atoms with Gasteiger partial charge in [0.15, 0.2) is 0 Å². The smallest absolute Gasteiger partial charge is 0.125 e. The van der Waals surface area contributed by atoms with Gasteiger partial charge in [0.1, 0.15) is 5.82 Å². The van der Waals surface area contributed by atoms with Crippen molar-refractivity contribution in [1.82, 2.24) is 5.32 Å². The van der Waals surface area contributed by atoms with E-state index in [1.165, 1.54) is 31.2 Å². The van der Waals surface area contributed by atoms with Crippen molar-refractivity contribution in [2.75, 3.05) is 18.0 Å². The third-order valence-electron chi connectivity index (χ3n) is 5.37. The second-order valence-electron chi connectivity index (χ2n) is 7.24. The SMILES string of the molecule is Cc1ccc(F)cc1N1CC2(CCCC2)NCC1C(C)C. The molecule has 1 aromatic rings. The molecule has 116 valence electrons. The Labute approximate surface area is 127 Å². The minimum absolute atomic E-state index is 0.128. The Morgan fingerprint density at radius 1 is 1.29 bits per heavy atom. The maximum Gasteiger partial charge on any atom is 0.125 e. The first-order chi connectivity index (χ1) is 10.0. The first-order valence-electron chi connectivity index (χ1n) is 8.29. The van der Waals surface area contributed by atoms with Crippen LogP contribution >= 0.6 is 0 Å². The Kier molecular flexibility index (Phi) is 3.96. The van der Waals surface area contributed by atoms with Crippen molar-refractivity contribution in [1.29, 1.82) is 0 Å². The molecule has 3 heteroatoms. The topological polar surface area (TPSA) is 15.3 Å². The molecule has 0 aromatic heterocycles. The van der Waals surface area contributed by atoms with E-state index in [9.17, 15) is 4.39 Å². The minimum Gasteiger partial charge on any atom is -0.365 e. The molecule has 0 radical (unpaired) electrons. The zero-order valence-electron chi connectivity index (χ0n) is 13.5. The van der Waals surface area contributed by atoms with Gasteiger partial charge in [-0.2, -0.15) is 0 Å². The molecule has 1 N–H and O–H groups in total. The van der Waals surface area contributed by atoms with Crippen molar-refractivity contribution in [3.63, 3.8) is 0 Å². The van der Waals surface area contributed by atoms with Crippen LogP contribution in [-0.2, 0) is 0 Å². The van der Waals surface area contributed by atoms with Crippen molar-refractivity contribution in [3.8, 4) is 0 Å². The van der Waals surface area contributed by atoms with Crippen molar-refractivity contribution in [2.24, 2.45) is 5.92 Å². The van der Waals surface area contributed by atoms with E-state index in [1.807, 2.05) is 6.07 Å². The summed E-state index contributed by atoms with van der Waals surface area (Å²) in [7, 11) is 0. The van der Waals surface area contributed by atoms with Gasteiger partial charge in [0.2, 0.25) is 0 Å². The Balaban J connectivity index is 1.95. The predicted octanol–water partition coefficient (Wildman–Crippen LogP) is 3.88. The summed E-state index contributed by atoms with van der Waals surface area (Å²) in [5.74, 6) is 0.427. The number of piperazine rings is 1. The highest BCUT2D eigenvalue weighted by Gasteiger charge is 2.42. The highest BCUT2D eigenvalue weighted by molar-refractivity contribution is 5.55. The van der Waals surface area contributed by atoms with Gasteiger partial charge in [-0.25, -0.2) is 4.39 Å². The van der Waals surface area contributed by atoms with Crippen molar-refractivity contribution in [3.05, 3.63) is 29.6 Å². The number of nitrogens with zero attached hydrogens (tertiary/aromatic N) is 1. The van der Waals surface area contributed by atoms with Gasteiger partial charge in [0.25, 0.3) is 0 Å². The molecule has 0 bridgehead atoms. The van der Waals surface area contributed by atoms with Crippen molar-refractivity contribution < 1.29 is 4.39 Å². The number of benzene rings is 1. The standard InChI is InChI=1S/C18H27FN2/c1-13(2)17-11-20-18(8-4-5-9-18)12-21(17)16-10-15(19)7-6-14(16)3/h6-7,10,13,17,20H,4-5,8-9,11-12H2,1-3H3. The summed E-state index contributed by atoms with van der Waals surface area (Å²) < 4.78 is 13.8. The molecule has 21 heavy (non-hydrogen) atoms. The van der Waals surface area contributed by atoms with Crippen molar-refractivity contribution >= 4 is 5.69 Å². The Hall–Kier alpha value is -1.09. The molecule has 2 aliphatic rings. The van der Waals surface area contributed by atoms with Crippen LogP contribution in [0.2, 0.25) is 0 Å². The lowest BCUT2D eigenvalue weighted by molar-refractivity contribution is 0.245. The first-order valence-corrected chi connectivity index (χ1v) is 8.29. The summed E-state index contributed by atoms with van der Waals surface area (Å²) in [6, 6.07) is 5.64. The second kappa shape index (κ2) is 5.60. The summed E-state index contributed by atoms with van der Waals surface area (Å²) in [5.41, 5.74) is 2.52. The van der Waals surface area contributed by atoms with Gasteiger partial charge in [0.05, 0.1) is 0 Å². The van der Waals surface area contributed by atoms with E-state index < -0.39 is 0 Å². The normalized spacial score (nSPS) is 25.0. The van der Waals surface area contributed by atoms with Gasteiger partial charge >= 0.3 is 0 Å². The molecule has 1 saturated carbocycles. The molecule has 0 amide bonds. The molecule has 1 atom stereocenters. The van der Waals surface area contributed by atoms with Gasteiger partial charge < -0.3 is 10.2 Å². The molecular formula is C18H27FN2. The average Bonchev–Trinajstić information content (AvgIpc) is 2.89. The van der Waals surface area contributed by atoms with Gasteiger partial charge in [-0.05, 0) is 43.4 Å². The highest BCUT2D eigenvalue weighted by atomic mass is 19.1. The molecule has 1 aromatic carbocycles. The van der Waals surface area contributed by atoms with E-state index >= 15 is 0 Å². The number of halogens is 1. The van der Waals surface area contributed by atoms with Gasteiger partial charge in [0, 0.05) is 30.4 Å². The summed E-state index contributed by atoms with van der Waals surface area (Å²) in [5, 5.41) is 3.82. The Morgan fingerprint density at radius 3 is 2.67 bits per heavy atom. The number of anilines is 1. The zero-order valence-corrected chi connectivity index (χ0v) is 13.5. The molecule has 1 unspecified atom stereocenters. The zero-order chi connectivity index (χ0) is 15.0. The lowest BCUT2D eigenvalue weighted by atomic mass is 9.88. The summed E-state index contributed by atoms with van der Waals surface area (Å²) >= 11 is 0. The van der Waals surface area contributed by atoms with Gasteiger partial charge in [-0.3, -0.25) is 0 Å². The largest absolute Gasteiger partial charge is 0.365 e. The summed E-state index contributed by atoms with van der Waals surface area (Å²) in [6.07, 6.45) is 5.13. The average molecular weight is 290 g/mol. The van der Waals surface area contributed by atoms with E-state index in [1.54, 1.807) is 12.1 Å². The Bertz CT molecular complexity index is 506. The van der Waals surface area contributed by atoms with E-state index in [4.69, 9.17) is 0 Å². The monoisotopic (exact) mass is 290 g/mol. The maximum atomic E-state index is 13.8. The highest BCUT2D eigenvalue weighted by Crippen LogP contribution is 2.37. The van der Waals surface area contributed by atoms with Crippen LogP contribution in [0.25, 0.3) is 0 Å². The van der Waals surface area contributed by atoms with Crippen LogP contribution < -0.4 is 10.2 Å². The lowest BCUT2D eigenvalue weighted by Crippen LogP contribution is -2.64. The van der Waals surface area contributed by atoms with Crippen LogP contribution in [0.15, 0.2) is 18.2 Å². The fraction of sp³-hybridized carbons (Fsp3) is 0.667. The van der Waals surface area contributed by atoms with Crippen LogP contribution in [0.5, 0.6) is 0 Å². The molecule has 1 heterocycles. The van der Waals surface area contributed by atoms with Gasteiger partial charge in [-0.15, -0.1) is 0 Å². The molecule has 3 rings (SSSR count). The van der Waals surface area contributed by atoms with Gasteiger partial charge in [-0.1, -0.05) is 32.8 Å². The lowest BCUT2D eigenvalue weighted by Gasteiger charge is -2.49. The molecule has 2 nitrogen and oxygen atoms in total. The number of hydrogen-bond donors (Lipinski definition) is 1. The van der Waals surface area contributed by atoms with Crippen LogP contribution in [0.1, 0.15) is 45.1 Å². The molecular weight excluding hydrogens is 263 g/mol. The summed E-state index contributed by atoms with van der Waals surface area (Å²) in [4.78, 5) is 2.48. The second-order valence-corrected chi connectivity index (χ2v) is 7.24. The first kappa shape index (κ1) is 14.8. The molecule has 1 aliphatic heterocycles. The minimum atomic E-state index is -0.128. The van der Waals surface area contributed by atoms with E-state index in [-0.39, 0.29) is 11.4 Å². The molecule has 1 saturated heterocycles. The van der Waals surface area contributed by atoms with Crippen LogP contribution in [0.3, 0.4) is 0 Å². The molecule has 1 spiro atoms. The number of rotatable bonds is 2. The number of nitrogens with one attached hydrogen (secondary N) is 1. The quantitative estimate of drug-likeness (QED) is 0.889. The van der Waals surface area contributed by atoms with E-state index in [0.29, 0.717) is 12.0 Å². The predicted molar refractivity (Wildman–Crippen MR) is 86.3 cm³/mol. The molecule has 1 aliphatic carbocycles. The van der Waals surface area contributed by atoms with E-state index in [2.05, 4.69) is 31.0 Å². The maximum absolute atomic E-state index is 13.8. The van der Waals surface area contributed by atoms with Crippen LogP contribution in [0, 0.1) is 18.7 Å². The fourth-order valence-electron chi connectivity index (χ4n) is 4.07. The Morgan fingerprint density at radius 2 is 2.00 bits per heavy atom. The third-order valence-corrected chi connectivity index (χ3v) is 5.37. The fourth-order valence-corrected chi connectivity index (χ4v) is 4.07. The van der Waals surface area contributed by atoms with Crippen LogP contribution in [0.4, 0.5) is 10.1 Å². The van der Waals surface area contributed by atoms with Crippen molar-refractivity contribution in [2.45, 2.75) is 58.0 Å². The summed E-state index contributed by atoms with van der Waals surface area (Å²) in [6.45, 7) is 8.64.